The van der Waals surface area contributed by atoms with Crippen molar-refractivity contribution in [3.8, 4) is 0 Å². The normalized spacial score (nSPS) is 10.6. The van der Waals surface area contributed by atoms with Crippen LogP contribution in [0.2, 0.25) is 5.02 Å². The lowest BCUT2D eigenvalue weighted by atomic mass is 10.1. The molecule has 2 N–H and O–H groups in total. The second kappa shape index (κ2) is 5.96. The number of benzene rings is 1. The van der Waals surface area contributed by atoms with Gasteiger partial charge in [-0.25, -0.2) is 0 Å². The molecule has 0 unspecified atom stereocenters. The van der Waals surface area contributed by atoms with Crippen LogP contribution >= 0.6 is 11.6 Å². The maximum atomic E-state index is 11.8. The van der Waals surface area contributed by atoms with Gasteiger partial charge < -0.3 is 10.5 Å². The molecule has 20 heavy (non-hydrogen) atoms. The second-order valence-corrected chi connectivity index (χ2v) is 4.88. The Kier molecular flexibility index (Phi) is 4.29. The van der Waals surface area contributed by atoms with Gasteiger partial charge in [-0.3, -0.25) is 9.48 Å². The van der Waals surface area contributed by atoms with Gasteiger partial charge in [0.2, 0.25) is 0 Å². The molecule has 0 saturated heterocycles. The summed E-state index contributed by atoms with van der Waals surface area (Å²) in [5, 5.41) is 4.69. The first-order valence-corrected chi connectivity index (χ1v) is 6.53. The summed E-state index contributed by atoms with van der Waals surface area (Å²) in [6.45, 7) is 1.90. The summed E-state index contributed by atoms with van der Waals surface area (Å²) in [6.07, 6.45) is 0.140. The van der Waals surface area contributed by atoms with Crippen molar-refractivity contribution in [3.05, 3.63) is 46.2 Å². The fourth-order valence-corrected chi connectivity index (χ4v) is 2.10. The van der Waals surface area contributed by atoms with E-state index in [0.717, 1.165) is 5.56 Å². The molecule has 0 aliphatic carbocycles. The van der Waals surface area contributed by atoms with Crippen molar-refractivity contribution >= 4 is 23.3 Å². The zero-order valence-corrected chi connectivity index (χ0v) is 12.1. The summed E-state index contributed by atoms with van der Waals surface area (Å²) in [6, 6.07) is 7.21. The van der Waals surface area contributed by atoms with Crippen LogP contribution in [0.25, 0.3) is 0 Å². The highest BCUT2D eigenvalue weighted by molar-refractivity contribution is 6.31. The molecule has 5 nitrogen and oxygen atoms in total. The third-order valence-electron chi connectivity index (χ3n) is 3.02. The van der Waals surface area contributed by atoms with Crippen molar-refractivity contribution in [2.24, 2.45) is 7.05 Å². The van der Waals surface area contributed by atoms with E-state index in [1.54, 1.807) is 30.8 Å². The van der Waals surface area contributed by atoms with Crippen LogP contribution in [-0.2, 0) is 29.6 Å². The molecular weight excluding hydrogens is 278 g/mol. The number of anilines is 1. The van der Waals surface area contributed by atoms with Gasteiger partial charge >= 0.3 is 5.97 Å². The first-order valence-electron chi connectivity index (χ1n) is 6.16. The Balaban J connectivity index is 1.98. The monoisotopic (exact) mass is 293 g/mol. The number of esters is 1. The maximum Gasteiger partial charge on any atom is 0.310 e. The van der Waals surface area contributed by atoms with Crippen molar-refractivity contribution < 1.29 is 9.53 Å². The van der Waals surface area contributed by atoms with Gasteiger partial charge in [0, 0.05) is 12.7 Å². The van der Waals surface area contributed by atoms with E-state index in [4.69, 9.17) is 22.1 Å². The summed E-state index contributed by atoms with van der Waals surface area (Å²) < 4.78 is 6.84. The smallest absolute Gasteiger partial charge is 0.310 e. The fourth-order valence-electron chi connectivity index (χ4n) is 1.89. The van der Waals surface area contributed by atoms with Gasteiger partial charge in [-0.05, 0) is 18.6 Å². The highest BCUT2D eigenvalue weighted by Gasteiger charge is 2.14. The standard InChI is InChI=1S/C14H16ClN3O2/c1-9-14(15)12(18(2)17-9)8-20-13(19)7-10-5-3-4-6-11(10)16/h3-6H,7-8,16H2,1-2H3. The van der Waals surface area contributed by atoms with Crippen LogP contribution in [0.1, 0.15) is 17.0 Å². The molecule has 0 aliphatic heterocycles. The summed E-state index contributed by atoms with van der Waals surface area (Å²) in [5.74, 6) is -0.349. The van der Waals surface area contributed by atoms with Crippen LogP contribution in [-0.4, -0.2) is 15.7 Å². The Morgan fingerprint density at radius 2 is 2.15 bits per heavy atom. The van der Waals surface area contributed by atoms with Crippen LogP contribution in [0.4, 0.5) is 5.69 Å². The molecule has 1 aromatic heterocycles. The Morgan fingerprint density at radius 1 is 1.45 bits per heavy atom. The molecule has 0 atom stereocenters. The van der Waals surface area contributed by atoms with Gasteiger partial charge in [0.25, 0.3) is 0 Å². The Hall–Kier alpha value is -2.01. The number of hydrogen-bond acceptors (Lipinski definition) is 4. The third kappa shape index (κ3) is 3.11. The number of aromatic nitrogens is 2. The highest BCUT2D eigenvalue weighted by Crippen LogP contribution is 2.20. The quantitative estimate of drug-likeness (QED) is 0.693. The van der Waals surface area contributed by atoms with Gasteiger partial charge in [0.05, 0.1) is 22.8 Å². The van der Waals surface area contributed by atoms with Gasteiger partial charge in [-0.2, -0.15) is 5.10 Å². The molecule has 1 aromatic carbocycles. The van der Waals surface area contributed by atoms with Crippen molar-refractivity contribution in [3.63, 3.8) is 0 Å². The van der Waals surface area contributed by atoms with Crippen molar-refractivity contribution in [1.29, 1.82) is 0 Å². The maximum absolute atomic E-state index is 11.8. The zero-order valence-electron chi connectivity index (χ0n) is 11.4. The first kappa shape index (κ1) is 14.4. The van der Waals surface area contributed by atoms with Crippen molar-refractivity contribution in [2.45, 2.75) is 20.0 Å². The van der Waals surface area contributed by atoms with E-state index >= 15 is 0 Å². The van der Waals surface area contributed by atoms with E-state index in [1.165, 1.54) is 0 Å². The number of carbonyl (C=O) groups is 1. The average molecular weight is 294 g/mol. The van der Waals surface area contributed by atoms with Crippen molar-refractivity contribution in [2.75, 3.05) is 5.73 Å². The Morgan fingerprint density at radius 3 is 2.75 bits per heavy atom. The van der Waals surface area contributed by atoms with Crippen LogP contribution in [0.3, 0.4) is 0 Å². The SMILES string of the molecule is Cc1nn(C)c(COC(=O)Cc2ccccc2N)c1Cl. The lowest BCUT2D eigenvalue weighted by Crippen LogP contribution is -2.11. The van der Waals surface area contributed by atoms with Gasteiger partial charge in [-0.15, -0.1) is 0 Å². The number of nitrogens with two attached hydrogens (primary N) is 1. The summed E-state index contributed by atoms with van der Waals surface area (Å²) in [4.78, 5) is 11.8. The number of ether oxygens (including phenoxy) is 1. The number of halogens is 1. The van der Waals surface area contributed by atoms with Crippen LogP contribution in [0.5, 0.6) is 0 Å². The topological polar surface area (TPSA) is 70.1 Å². The first-order chi connectivity index (χ1) is 9.49. The van der Waals surface area contributed by atoms with Crippen LogP contribution in [0, 0.1) is 6.92 Å². The molecule has 2 aromatic rings. The van der Waals surface area contributed by atoms with Gasteiger partial charge in [0.1, 0.15) is 6.61 Å². The molecule has 0 aliphatic rings. The second-order valence-electron chi connectivity index (χ2n) is 4.51. The predicted octanol–water partition coefficient (Wildman–Crippen LogP) is 2.25. The molecule has 0 radical (unpaired) electrons. The molecule has 0 saturated carbocycles. The molecular formula is C14H16ClN3O2. The van der Waals surface area contributed by atoms with Crippen LogP contribution < -0.4 is 5.73 Å². The lowest BCUT2D eigenvalue weighted by molar-refractivity contribution is -0.144. The molecule has 2 rings (SSSR count). The van der Waals surface area contributed by atoms with E-state index in [9.17, 15) is 4.79 Å². The molecule has 0 spiro atoms. The Labute approximate surface area is 122 Å². The van der Waals surface area contributed by atoms with E-state index in [1.807, 2.05) is 12.1 Å². The minimum absolute atomic E-state index is 0.0990. The molecule has 106 valence electrons. The summed E-state index contributed by atoms with van der Waals surface area (Å²) >= 11 is 6.09. The van der Waals surface area contributed by atoms with E-state index in [-0.39, 0.29) is 19.0 Å². The Bertz CT molecular complexity index is 637. The minimum atomic E-state index is -0.349. The number of carbonyl (C=O) groups excluding carboxylic acids is 1. The highest BCUT2D eigenvalue weighted by atomic mass is 35.5. The number of para-hydroxylation sites is 1. The van der Waals surface area contributed by atoms with E-state index < -0.39 is 0 Å². The van der Waals surface area contributed by atoms with E-state index in [0.29, 0.717) is 22.1 Å². The number of nitrogen functional groups attached to an aromatic ring is 1. The molecule has 0 amide bonds. The van der Waals surface area contributed by atoms with E-state index in [2.05, 4.69) is 5.10 Å². The lowest BCUT2D eigenvalue weighted by Gasteiger charge is -2.07. The molecule has 6 heteroatoms. The average Bonchev–Trinajstić information content (AvgIpc) is 2.64. The zero-order chi connectivity index (χ0) is 14.7. The number of rotatable bonds is 4. The summed E-state index contributed by atoms with van der Waals surface area (Å²) in [7, 11) is 1.76. The minimum Gasteiger partial charge on any atom is -0.459 e. The predicted molar refractivity (Wildman–Crippen MR) is 77.3 cm³/mol. The van der Waals surface area contributed by atoms with Gasteiger partial charge in [0.15, 0.2) is 0 Å². The molecule has 0 fully saturated rings. The molecule has 0 bridgehead atoms. The number of hydrogen-bond donors (Lipinski definition) is 1. The molecule has 1 heterocycles. The van der Waals surface area contributed by atoms with Crippen LogP contribution in [0.15, 0.2) is 24.3 Å². The van der Waals surface area contributed by atoms with Crippen molar-refractivity contribution in [1.82, 2.24) is 9.78 Å². The number of nitrogens with zero attached hydrogens (tertiary/aromatic N) is 2. The third-order valence-corrected chi connectivity index (χ3v) is 3.51. The largest absolute Gasteiger partial charge is 0.459 e. The summed E-state index contributed by atoms with van der Waals surface area (Å²) in [5.41, 5.74) is 8.52. The fraction of sp³-hybridized carbons (Fsp3) is 0.286. The van der Waals surface area contributed by atoms with Gasteiger partial charge in [-0.1, -0.05) is 29.8 Å². The number of aryl methyl sites for hydroxylation is 2.